The first-order valence-electron chi connectivity index (χ1n) is 6.04. The second-order valence-corrected chi connectivity index (χ2v) is 5.37. The molecule has 0 radical (unpaired) electrons. The molecular formula is C13H12BrN3O2. The molecule has 1 amide bonds. The summed E-state index contributed by atoms with van der Waals surface area (Å²) < 4.78 is 6.23. The number of hydrogen-bond donors (Lipinski definition) is 1. The summed E-state index contributed by atoms with van der Waals surface area (Å²) in [4.78, 5) is 20.1. The van der Waals surface area contributed by atoms with Gasteiger partial charge in [0.15, 0.2) is 5.65 Å². The van der Waals surface area contributed by atoms with Gasteiger partial charge in [0.1, 0.15) is 12.4 Å². The Morgan fingerprint density at radius 3 is 3.11 bits per heavy atom. The lowest BCUT2D eigenvalue weighted by molar-refractivity contribution is -0.121. The van der Waals surface area contributed by atoms with Crippen LogP contribution in [0.5, 0.6) is 0 Å². The maximum Gasteiger partial charge on any atom is 0.251 e. The summed E-state index contributed by atoms with van der Waals surface area (Å²) in [6.45, 7) is 0.0815. The van der Waals surface area contributed by atoms with Gasteiger partial charge in [-0.15, -0.1) is 0 Å². The van der Waals surface area contributed by atoms with Crippen molar-refractivity contribution in [3.63, 3.8) is 0 Å². The fourth-order valence-corrected chi connectivity index (χ4v) is 2.01. The Kier molecular flexibility index (Phi) is 3.44. The van der Waals surface area contributed by atoms with Crippen LogP contribution < -0.4 is 5.32 Å². The number of hydrogen-bond acceptors (Lipinski definition) is 4. The third-order valence-corrected chi connectivity index (χ3v) is 3.18. The minimum atomic E-state index is -0.184. The quantitative estimate of drug-likeness (QED) is 0.939. The fourth-order valence-electron chi connectivity index (χ4n) is 1.66. The molecule has 0 saturated heterocycles. The SMILES string of the molecule is O=C(COC1CC1)Nc1ccc2cc(Br)cnc2n1. The molecular weight excluding hydrogens is 310 g/mol. The molecule has 5 nitrogen and oxygen atoms in total. The van der Waals surface area contributed by atoms with Crippen molar-refractivity contribution in [1.29, 1.82) is 0 Å². The van der Waals surface area contributed by atoms with E-state index in [1.54, 1.807) is 12.3 Å². The summed E-state index contributed by atoms with van der Waals surface area (Å²) in [5.74, 6) is 0.308. The van der Waals surface area contributed by atoms with Gasteiger partial charge >= 0.3 is 0 Å². The highest BCUT2D eigenvalue weighted by Crippen LogP contribution is 2.23. The Morgan fingerprint density at radius 2 is 2.32 bits per heavy atom. The number of halogens is 1. The lowest BCUT2D eigenvalue weighted by Gasteiger charge is -2.05. The van der Waals surface area contributed by atoms with Crippen LogP contribution in [0.3, 0.4) is 0 Å². The predicted octanol–water partition coefficient (Wildman–Crippen LogP) is 2.51. The highest BCUT2D eigenvalue weighted by Gasteiger charge is 2.23. The number of carbonyl (C=O) groups excluding carboxylic acids is 1. The van der Waals surface area contributed by atoms with E-state index in [9.17, 15) is 4.79 Å². The van der Waals surface area contributed by atoms with Gasteiger partial charge in [0.05, 0.1) is 6.10 Å². The van der Waals surface area contributed by atoms with Crippen LogP contribution >= 0.6 is 15.9 Å². The number of rotatable bonds is 4. The molecule has 2 aromatic rings. The zero-order chi connectivity index (χ0) is 13.2. The molecule has 1 aliphatic carbocycles. The van der Waals surface area contributed by atoms with E-state index in [1.807, 2.05) is 12.1 Å². The van der Waals surface area contributed by atoms with Crippen LogP contribution in [-0.2, 0) is 9.53 Å². The topological polar surface area (TPSA) is 64.1 Å². The molecule has 1 fully saturated rings. The van der Waals surface area contributed by atoms with Crippen LogP contribution in [0.2, 0.25) is 0 Å². The molecule has 0 atom stereocenters. The molecule has 2 aromatic heterocycles. The Balaban J connectivity index is 1.69. The van der Waals surface area contributed by atoms with Crippen LogP contribution in [0, 0.1) is 0 Å². The van der Waals surface area contributed by atoms with Crippen molar-refractivity contribution >= 4 is 38.7 Å². The average molecular weight is 322 g/mol. The van der Waals surface area contributed by atoms with Crippen LogP contribution in [-0.4, -0.2) is 28.6 Å². The van der Waals surface area contributed by atoms with E-state index in [0.29, 0.717) is 11.5 Å². The third kappa shape index (κ3) is 3.27. The van der Waals surface area contributed by atoms with Gasteiger partial charge in [0.2, 0.25) is 0 Å². The summed E-state index contributed by atoms with van der Waals surface area (Å²) in [7, 11) is 0. The lowest BCUT2D eigenvalue weighted by atomic mass is 10.3. The van der Waals surface area contributed by atoms with Crippen molar-refractivity contribution in [2.45, 2.75) is 18.9 Å². The molecule has 3 rings (SSSR count). The highest BCUT2D eigenvalue weighted by molar-refractivity contribution is 9.10. The van der Waals surface area contributed by atoms with E-state index in [2.05, 4.69) is 31.2 Å². The largest absolute Gasteiger partial charge is 0.368 e. The Morgan fingerprint density at radius 1 is 1.47 bits per heavy atom. The summed E-state index contributed by atoms with van der Waals surface area (Å²) in [6.07, 6.45) is 4.06. The van der Waals surface area contributed by atoms with E-state index >= 15 is 0 Å². The average Bonchev–Trinajstić information content (AvgIpc) is 3.21. The Hall–Kier alpha value is -1.53. The van der Waals surface area contributed by atoms with Gasteiger partial charge in [0, 0.05) is 16.1 Å². The number of pyridine rings is 2. The van der Waals surface area contributed by atoms with Crippen molar-refractivity contribution in [2.75, 3.05) is 11.9 Å². The first-order chi connectivity index (χ1) is 9.20. The first-order valence-corrected chi connectivity index (χ1v) is 6.84. The molecule has 1 saturated carbocycles. The molecule has 0 aliphatic heterocycles. The van der Waals surface area contributed by atoms with E-state index < -0.39 is 0 Å². The number of nitrogens with zero attached hydrogens (tertiary/aromatic N) is 2. The molecule has 0 aromatic carbocycles. The second-order valence-electron chi connectivity index (χ2n) is 4.46. The smallest absolute Gasteiger partial charge is 0.251 e. The number of ether oxygens (including phenoxy) is 1. The summed E-state index contributed by atoms with van der Waals surface area (Å²) in [6, 6.07) is 5.56. The predicted molar refractivity (Wildman–Crippen MR) is 74.8 cm³/mol. The number of fused-ring (bicyclic) bond motifs is 1. The Labute approximate surface area is 118 Å². The maximum absolute atomic E-state index is 11.6. The van der Waals surface area contributed by atoms with E-state index in [-0.39, 0.29) is 18.6 Å². The van der Waals surface area contributed by atoms with Crippen molar-refractivity contribution in [3.8, 4) is 0 Å². The second kappa shape index (κ2) is 5.22. The summed E-state index contributed by atoms with van der Waals surface area (Å²) in [5.41, 5.74) is 0.601. The number of amides is 1. The van der Waals surface area contributed by atoms with E-state index in [0.717, 1.165) is 22.7 Å². The van der Waals surface area contributed by atoms with Gasteiger partial charge in [-0.2, -0.15) is 0 Å². The summed E-state index contributed by atoms with van der Waals surface area (Å²) >= 11 is 3.35. The van der Waals surface area contributed by atoms with Crippen LogP contribution in [0.15, 0.2) is 28.9 Å². The van der Waals surface area contributed by atoms with Crippen molar-refractivity contribution in [1.82, 2.24) is 9.97 Å². The normalized spacial score (nSPS) is 14.6. The molecule has 1 N–H and O–H groups in total. The molecule has 0 unspecified atom stereocenters. The van der Waals surface area contributed by atoms with Gasteiger partial charge in [-0.1, -0.05) is 0 Å². The summed E-state index contributed by atoms with van der Waals surface area (Å²) in [5, 5.41) is 3.62. The molecule has 1 aliphatic rings. The van der Waals surface area contributed by atoms with Crippen molar-refractivity contribution in [2.24, 2.45) is 0 Å². The maximum atomic E-state index is 11.6. The Bertz CT molecular complexity index is 628. The standard InChI is InChI=1S/C13H12BrN3O2/c14-9-5-8-1-4-11(17-13(8)15-6-9)16-12(18)7-19-10-2-3-10/h1,4-6,10H,2-3,7H2,(H,15,16,17,18). The zero-order valence-corrected chi connectivity index (χ0v) is 11.7. The molecule has 6 heteroatoms. The molecule has 0 bridgehead atoms. The van der Waals surface area contributed by atoms with Gasteiger partial charge in [-0.3, -0.25) is 4.79 Å². The van der Waals surface area contributed by atoms with Crippen LogP contribution in [0.25, 0.3) is 11.0 Å². The zero-order valence-electron chi connectivity index (χ0n) is 10.1. The first kappa shape index (κ1) is 12.5. The van der Waals surface area contributed by atoms with Crippen molar-refractivity contribution < 1.29 is 9.53 Å². The number of nitrogens with one attached hydrogen (secondary N) is 1. The highest BCUT2D eigenvalue weighted by atomic mass is 79.9. The van der Waals surface area contributed by atoms with Gasteiger partial charge in [0.25, 0.3) is 5.91 Å². The lowest BCUT2D eigenvalue weighted by Crippen LogP contribution is -2.19. The fraction of sp³-hybridized carbons (Fsp3) is 0.308. The minimum Gasteiger partial charge on any atom is -0.368 e. The number of aromatic nitrogens is 2. The minimum absolute atomic E-state index is 0.0815. The number of carbonyl (C=O) groups is 1. The monoisotopic (exact) mass is 321 g/mol. The van der Waals surface area contributed by atoms with Gasteiger partial charge < -0.3 is 10.1 Å². The van der Waals surface area contributed by atoms with Gasteiger partial charge in [-0.25, -0.2) is 9.97 Å². The van der Waals surface area contributed by atoms with Crippen LogP contribution in [0.4, 0.5) is 5.82 Å². The van der Waals surface area contributed by atoms with Crippen LogP contribution in [0.1, 0.15) is 12.8 Å². The third-order valence-electron chi connectivity index (χ3n) is 2.75. The van der Waals surface area contributed by atoms with E-state index in [4.69, 9.17) is 4.74 Å². The molecule has 2 heterocycles. The van der Waals surface area contributed by atoms with E-state index in [1.165, 1.54) is 0 Å². The number of anilines is 1. The molecule has 0 spiro atoms. The van der Waals surface area contributed by atoms with Gasteiger partial charge in [-0.05, 0) is 47.0 Å². The molecule has 98 valence electrons. The molecule has 19 heavy (non-hydrogen) atoms. The van der Waals surface area contributed by atoms with Crippen molar-refractivity contribution in [3.05, 3.63) is 28.9 Å².